The van der Waals surface area contributed by atoms with Gasteiger partial charge in [0.25, 0.3) is 0 Å². The number of H-pyrrole nitrogens is 1. The highest BCUT2D eigenvalue weighted by molar-refractivity contribution is 6.34. The van der Waals surface area contributed by atoms with Gasteiger partial charge in [0.05, 0.1) is 10.6 Å². The van der Waals surface area contributed by atoms with E-state index in [0.717, 1.165) is 24.3 Å². The molecule has 1 aromatic heterocycles. The quantitative estimate of drug-likeness (QED) is 0.418. The molecule has 0 radical (unpaired) electrons. The van der Waals surface area contributed by atoms with E-state index in [9.17, 15) is 26.3 Å². The largest absolute Gasteiger partial charge is 0.431 e. The van der Waals surface area contributed by atoms with E-state index in [0.29, 0.717) is 0 Å². The Hall–Kier alpha value is -1.86. The second kappa shape index (κ2) is 5.85. The maximum absolute atomic E-state index is 13.3. The van der Waals surface area contributed by atoms with Gasteiger partial charge in [-0.05, 0) is 35.9 Å². The van der Waals surface area contributed by atoms with Crippen molar-refractivity contribution < 1.29 is 26.3 Å². The number of benzene rings is 2. The monoisotopic (exact) mass is 397 g/mol. The Bertz CT molecular complexity index is 956. The van der Waals surface area contributed by atoms with Crippen molar-refractivity contribution in [2.24, 2.45) is 0 Å². The van der Waals surface area contributed by atoms with Crippen LogP contribution in [0, 0.1) is 0 Å². The van der Waals surface area contributed by atoms with Crippen LogP contribution >= 0.6 is 23.2 Å². The Kier molecular flexibility index (Phi) is 4.20. The standard InChI is InChI=1S/C16H7Cl2F6N/c17-8-1-2-9(11(5-8)15(19,20)21)10-3-7-4-14(16(22,23)24)25-13(7)6-12(10)18/h1-6,25H. The van der Waals surface area contributed by atoms with E-state index in [1.54, 1.807) is 0 Å². The van der Waals surface area contributed by atoms with Gasteiger partial charge < -0.3 is 4.98 Å². The van der Waals surface area contributed by atoms with Crippen LogP contribution in [0.25, 0.3) is 22.0 Å². The molecule has 132 valence electrons. The van der Waals surface area contributed by atoms with Gasteiger partial charge in [0.1, 0.15) is 5.69 Å². The zero-order chi connectivity index (χ0) is 18.6. The summed E-state index contributed by atoms with van der Waals surface area (Å²) in [6.45, 7) is 0. The second-order valence-electron chi connectivity index (χ2n) is 5.29. The average molecular weight is 398 g/mol. The molecule has 0 unspecified atom stereocenters. The summed E-state index contributed by atoms with van der Waals surface area (Å²) in [4.78, 5) is 2.16. The minimum Gasteiger partial charge on any atom is -0.351 e. The highest BCUT2D eigenvalue weighted by Gasteiger charge is 2.35. The summed E-state index contributed by atoms with van der Waals surface area (Å²) >= 11 is 11.7. The van der Waals surface area contributed by atoms with Crippen molar-refractivity contribution in [3.63, 3.8) is 0 Å². The number of hydrogen-bond donors (Lipinski definition) is 1. The van der Waals surface area contributed by atoms with E-state index in [1.165, 1.54) is 12.1 Å². The molecule has 1 nitrogen and oxygen atoms in total. The van der Waals surface area contributed by atoms with E-state index >= 15 is 0 Å². The lowest BCUT2D eigenvalue weighted by atomic mass is 9.98. The van der Waals surface area contributed by atoms with Gasteiger partial charge in [-0.1, -0.05) is 29.3 Å². The van der Waals surface area contributed by atoms with E-state index in [4.69, 9.17) is 23.2 Å². The predicted molar refractivity (Wildman–Crippen MR) is 83.8 cm³/mol. The third-order valence-electron chi connectivity index (χ3n) is 3.59. The number of aromatic amines is 1. The van der Waals surface area contributed by atoms with Gasteiger partial charge >= 0.3 is 12.4 Å². The van der Waals surface area contributed by atoms with E-state index in [-0.39, 0.29) is 32.1 Å². The topological polar surface area (TPSA) is 15.8 Å². The van der Waals surface area contributed by atoms with Crippen LogP contribution < -0.4 is 0 Å². The summed E-state index contributed by atoms with van der Waals surface area (Å²) in [6.07, 6.45) is -9.31. The van der Waals surface area contributed by atoms with Gasteiger partial charge in [0.2, 0.25) is 0 Å². The first-order valence-corrected chi connectivity index (χ1v) is 7.49. The Morgan fingerprint density at radius 1 is 0.760 bits per heavy atom. The van der Waals surface area contributed by atoms with Crippen LogP contribution in [-0.2, 0) is 12.4 Å². The van der Waals surface area contributed by atoms with Gasteiger partial charge in [-0.15, -0.1) is 0 Å². The first kappa shape index (κ1) is 17.9. The highest BCUT2D eigenvalue weighted by Crippen LogP contribution is 2.42. The summed E-state index contributed by atoms with van der Waals surface area (Å²) in [7, 11) is 0. The Balaban J connectivity index is 2.25. The van der Waals surface area contributed by atoms with Crippen LogP contribution in [0.15, 0.2) is 36.4 Å². The lowest BCUT2D eigenvalue weighted by Crippen LogP contribution is -2.07. The molecule has 0 bridgehead atoms. The molecular formula is C16H7Cl2F6N. The van der Waals surface area contributed by atoms with Crippen LogP contribution in [0.2, 0.25) is 10.0 Å². The minimum absolute atomic E-state index is 0.0362. The third kappa shape index (κ3) is 3.43. The number of nitrogens with one attached hydrogen (secondary N) is 1. The van der Waals surface area contributed by atoms with Crippen LogP contribution in [0.3, 0.4) is 0 Å². The summed E-state index contributed by atoms with van der Waals surface area (Å²) in [6, 6.07) is 6.30. The third-order valence-corrected chi connectivity index (χ3v) is 4.14. The molecule has 0 fully saturated rings. The van der Waals surface area contributed by atoms with Crippen molar-refractivity contribution in [2.75, 3.05) is 0 Å². The first-order chi connectivity index (χ1) is 11.5. The number of fused-ring (bicyclic) bond motifs is 1. The van der Waals surface area contributed by atoms with Crippen molar-refractivity contribution in [1.82, 2.24) is 4.98 Å². The van der Waals surface area contributed by atoms with E-state index < -0.39 is 23.6 Å². The fraction of sp³-hybridized carbons (Fsp3) is 0.125. The van der Waals surface area contributed by atoms with Gasteiger partial charge in [0.15, 0.2) is 0 Å². The molecule has 0 aliphatic heterocycles. The van der Waals surface area contributed by atoms with Crippen molar-refractivity contribution in [3.8, 4) is 11.1 Å². The lowest BCUT2D eigenvalue weighted by molar-refractivity contribution is -0.140. The van der Waals surface area contributed by atoms with Crippen LogP contribution in [0.4, 0.5) is 26.3 Å². The highest BCUT2D eigenvalue weighted by atomic mass is 35.5. The Labute approximate surface area is 147 Å². The average Bonchev–Trinajstić information content (AvgIpc) is 2.88. The first-order valence-electron chi connectivity index (χ1n) is 6.73. The number of aromatic nitrogens is 1. The number of rotatable bonds is 1. The maximum Gasteiger partial charge on any atom is 0.431 e. The fourth-order valence-electron chi connectivity index (χ4n) is 2.50. The summed E-state index contributed by atoms with van der Waals surface area (Å²) in [5, 5.41) is -0.139. The molecule has 0 spiro atoms. The predicted octanol–water partition coefficient (Wildman–Crippen LogP) is 7.18. The fourth-order valence-corrected chi connectivity index (χ4v) is 2.94. The molecule has 0 aliphatic rings. The van der Waals surface area contributed by atoms with Crippen molar-refractivity contribution in [2.45, 2.75) is 12.4 Å². The summed E-state index contributed by atoms with van der Waals surface area (Å²) < 4.78 is 78.2. The van der Waals surface area contributed by atoms with Crippen LogP contribution in [0.1, 0.15) is 11.3 Å². The van der Waals surface area contributed by atoms with E-state index in [2.05, 4.69) is 4.98 Å². The minimum atomic E-state index is -4.70. The van der Waals surface area contributed by atoms with Crippen molar-refractivity contribution in [3.05, 3.63) is 57.7 Å². The van der Waals surface area contributed by atoms with Crippen molar-refractivity contribution >= 4 is 34.1 Å². The normalized spacial score (nSPS) is 12.8. The molecule has 9 heteroatoms. The van der Waals surface area contributed by atoms with Gasteiger partial charge in [-0.2, -0.15) is 26.3 Å². The molecule has 25 heavy (non-hydrogen) atoms. The second-order valence-corrected chi connectivity index (χ2v) is 6.13. The van der Waals surface area contributed by atoms with Gasteiger partial charge in [-0.3, -0.25) is 0 Å². The molecule has 0 saturated carbocycles. The molecule has 1 heterocycles. The van der Waals surface area contributed by atoms with Crippen LogP contribution in [0.5, 0.6) is 0 Å². The molecule has 1 N–H and O–H groups in total. The van der Waals surface area contributed by atoms with Gasteiger partial charge in [-0.25, -0.2) is 0 Å². The SMILES string of the molecule is FC(F)(F)c1cc2cc(-c3ccc(Cl)cc3C(F)(F)F)c(Cl)cc2[nH]1. The number of halogens is 8. The Morgan fingerprint density at radius 3 is 2.04 bits per heavy atom. The number of alkyl halides is 6. The molecule has 3 rings (SSSR count). The lowest BCUT2D eigenvalue weighted by Gasteiger charge is -2.14. The molecular weight excluding hydrogens is 391 g/mol. The maximum atomic E-state index is 13.3. The molecule has 3 aromatic rings. The van der Waals surface area contributed by atoms with Crippen molar-refractivity contribution in [1.29, 1.82) is 0 Å². The zero-order valence-corrected chi connectivity index (χ0v) is 13.5. The smallest absolute Gasteiger partial charge is 0.351 e. The number of hydrogen-bond acceptors (Lipinski definition) is 0. The van der Waals surface area contributed by atoms with Crippen LogP contribution in [-0.4, -0.2) is 4.98 Å². The Morgan fingerprint density at radius 2 is 1.44 bits per heavy atom. The molecule has 0 atom stereocenters. The molecule has 2 aromatic carbocycles. The molecule has 0 amide bonds. The van der Waals surface area contributed by atoms with Gasteiger partial charge in [0, 0.05) is 21.5 Å². The zero-order valence-electron chi connectivity index (χ0n) is 12.0. The molecule has 0 aliphatic carbocycles. The van der Waals surface area contributed by atoms with E-state index in [1.807, 2.05) is 0 Å². The molecule has 0 saturated heterocycles. The summed E-state index contributed by atoms with van der Waals surface area (Å²) in [5.41, 5.74) is -2.26. The summed E-state index contributed by atoms with van der Waals surface area (Å²) in [5.74, 6) is 0.